The summed E-state index contributed by atoms with van der Waals surface area (Å²) in [6.07, 6.45) is 1.97. The topological polar surface area (TPSA) is 52.8 Å². The molecular formula is C22H18N4O. The van der Waals surface area contributed by atoms with Gasteiger partial charge in [0.05, 0.1) is 18.3 Å². The fraction of sp³-hybridized carbons (Fsp3) is 0.136. The van der Waals surface area contributed by atoms with Crippen LogP contribution in [0.3, 0.4) is 0 Å². The number of fused-ring (bicyclic) bond motifs is 1. The third-order valence-corrected chi connectivity index (χ3v) is 4.33. The van der Waals surface area contributed by atoms with Crippen molar-refractivity contribution in [3.05, 3.63) is 72.1 Å². The highest BCUT2D eigenvalue weighted by Crippen LogP contribution is 2.21. The largest absolute Gasteiger partial charge is 0.497 e. The maximum atomic E-state index is 5.28. The van der Waals surface area contributed by atoms with E-state index < -0.39 is 0 Å². The van der Waals surface area contributed by atoms with Crippen LogP contribution in [-0.4, -0.2) is 26.6 Å². The molecular weight excluding hydrogens is 336 g/mol. The van der Waals surface area contributed by atoms with Crippen molar-refractivity contribution in [3.63, 3.8) is 0 Å². The number of nitrogens with zero attached hydrogens (tertiary/aromatic N) is 4. The van der Waals surface area contributed by atoms with Crippen molar-refractivity contribution in [2.75, 3.05) is 7.11 Å². The predicted octanol–water partition coefficient (Wildman–Crippen LogP) is 3.75. The van der Waals surface area contributed by atoms with E-state index in [1.165, 1.54) is 0 Å². The number of aryl methyl sites for hydroxylation is 2. The highest BCUT2D eigenvalue weighted by Gasteiger charge is 2.07. The van der Waals surface area contributed by atoms with Crippen molar-refractivity contribution < 1.29 is 4.74 Å². The van der Waals surface area contributed by atoms with Crippen LogP contribution in [0.5, 0.6) is 5.75 Å². The molecule has 5 nitrogen and oxygen atoms in total. The van der Waals surface area contributed by atoms with Gasteiger partial charge in [-0.3, -0.25) is 0 Å². The second kappa shape index (κ2) is 6.93. The molecule has 4 rings (SSSR count). The van der Waals surface area contributed by atoms with Crippen molar-refractivity contribution in [1.82, 2.24) is 19.5 Å². The van der Waals surface area contributed by atoms with E-state index in [4.69, 9.17) is 4.74 Å². The van der Waals surface area contributed by atoms with Crippen molar-refractivity contribution >= 4 is 10.9 Å². The van der Waals surface area contributed by atoms with Crippen molar-refractivity contribution in [2.24, 2.45) is 7.05 Å². The first-order valence-electron chi connectivity index (χ1n) is 8.57. The summed E-state index contributed by atoms with van der Waals surface area (Å²) in [7, 11) is 3.57. The Bertz CT molecular complexity index is 1180. The lowest BCUT2D eigenvalue weighted by molar-refractivity contribution is 0.415. The quantitative estimate of drug-likeness (QED) is 0.515. The van der Waals surface area contributed by atoms with Crippen molar-refractivity contribution in [2.45, 2.75) is 6.92 Å². The van der Waals surface area contributed by atoms with E-state index in [0.29, 0.717) is 11.6 Å². The number of aromatic nitrogens is 4. The van der Waals surface area contributed by atoms with E-state index in [1.807, 2.05) is 73.3 Å². The lowest BCUT2D eigenvalue weighted by Gasteiger charge is -2.04. The third kappa shape index (κ3) is 3.38. The number of benzene rings is 2. The van der Waals surface area contributed by atoms with E-state index in [9.17, 15) is 0 Å². The van der Waals surface area contributed by atoms with Gasteiger partial charge in [-0.05, 0) is 30.9 Å². The summed E-state index contributed by atoms with van der Waals surface area (Å²) in [4.78, 5) is 13.7. The Balaban J connectivity index is 1.71. The monoisotopic (exact) mass is 354 g/mol. The minimum atomic E-state index is 0.470. The molecule has 0 aliphatic rings. The molecule has 0 atom stereocenters. The van der Waals surface area contributed by atoms with E-state index in [0.717, 1.165) is 33.6 Å². The van der Waals surface area contributed by atoms with Gasteiger partial charge in [0, 0.05) is 36.0 Å². The number of hydrogen-bond donors (Lipinski definition) is 0. The molecule has 0 aliphatic carbocycles. The summed E-state index contributed by atoms with van der Waals surface area (Å²) in [5, 5.41) is 0.990. The number of ether oxygens (including phenoxy) is 1. The maximum Gasteiger partial charge on any atom is 0.206 e. The van der Waals surface area contributed by atoms with E-state index in [-0.39, 0.29) is 0 Å². The Kier molecular flexibility index (Phi) is 4.31. The first-order chi connectivity index (χ1) is 13.1. The number of methoxy groups -OCH3 is 1. The number of rotatable bonds is 2. The van der Waals surface area contributed by atoms with E-state index >= 15 is 0 Å². The minimum Gasteiger partial charge on any atom is -0.497 e. The normalized spacial score (nSPS) is 10.5. The van der Waals surface area contributed by atoms with Crippen molar-refractivity contribution in [3.8, 4) is 28.8 Å². The molecule has 0 N–H and O–H groups in total. The minimum absolute atomic E-state index is 0.470. The van der Waals surface area contributed by atoms with Crippen LogP contribution in [-0.2, 0) is 7.05 Å². The molecule has 0 fully saturated rings. The van der Waals surface area contributed by atoms with E-state index in [2.05, 4.69) is 26.8 Å². The van der Waals surface area contributed by atoms with E-state index in [1.54, 1.807) is 7.11 Å². The van der Waals surface area contributed by atoms with Gasteiger partial charge in [0.1, 0.15) is 5.75 Å². The van der Waals surface area contributed by atoms with Crippen LogP contribution in [0, 0.1) is 18.8 Å². The Labute approximate surface area is 157 Å². The van der Waals surface area contributed by atoms with Gasteiger partial charge in [-0.15, -0.1) is 0 Å². The second-order valence-corrected chi connectivity index (χ2v) is 6.19. The van der Waals surface area contributed by atoms with Crippen LogP contribution in [0.25, 0.3) is 22.2 Å². The maximum absolute atomic E-state index is 5.28. The Hall–Kier alpha value is -3.65. The molecule has 0 aliphatic heterocycles. The third-order valence-electron chi connectivity index (χ3n) is 4.33. The standard InChI is InChI=1S/C22H18N4O/c1-15-18-10-9-17(27-3)13-19(18)24-21(23-15)11-12-22-25-20(14-26(22)2)16-7-5-4-6-8-16/h4-10,13-14H,1-3H3. The van der Waals surface area contributed by atoms with Crippen LogP contribution in [0.2, 0.25) is 0 Å². The first kappa shape index (κ1) is 16.8. The van der Waals surface area contributed by atoms with Crippen LogP contribution >= 0.6 is 0 Å². The Morgan fingerprint density at radius 2 is 1.78 bits per heavy atom. The van der Waals surface area contributed by atoms with Gasteiger partial charge in [-0.25, -0.2) is 15.0 Å². The summed E-state index contributed by atoms with van der Waals surface area (Å²) < 4.78 is 7.19. The fourth-order valence-electron chi connectivity index (χ4n) is 2.89. The van der Waals surface area contributed by atoms with Gasteiger partial charge in [0.15, 0.2) is 5.82 Å². The SMILES string of the molecule is COc1ccc2c(C)nc(C#Cc3nc(-c4ccccc4)cn3C)nc2c1. The second-order valence-electron chi connectivity index (χ2n) is 6.19. The molecule has 0 spiro atoms. The smallest absolute Gasteiger partial charge is 0.206 e. The molecule has 0 saturated heterocycles. The van der Waals surface area contributed by atoms with Crippen LogP contribution in [0.15, 0.2) is 54.7 Å². The summed E-state index contributed by atoms with van der Waals surface area (Å²) in [5.74, 6) is 8.02. The number of imidazole rings is 1. The molecule has 132 valence electrons. The zero-order valence-electron chi connectivity index (χ0n) is 15.4. The molecule has 0 saturated carbocycles. The summed E-state index contributed by atoms with van der Waals surface area (Å²) in [6.45, 7) is 1.95. The molecule has 2 aromatic carbocycles. The molecule has 4 aromatic rings. The van der Waals surface area contributed by atoms with Crippen LogP contribution in [0.1, 0.15) is 17.3 Å². The molecule has 0 amide bonds. The number of hydrogen-bond acceptors (Lipinski definition) is 4. The summed E-state index contributed by atoms with van der Waals surface area (Å²) in [5.41, 5.74) is 3.65. The van der Waals surface area contributed by atoms with Gasteiger partial charge < -0.3 is 9.30 Å². The highest BCUT2D eigenvalue weighted by molar-refractivity contribution is 5.82. The molecule has 2 aromatic heterocycles. The molecule has 0 bridgehead atoms. The molecule has 2 heterocycles. The zero-order valence-corrected chi connectivity index (χ0v) is 15.4. The average molecular weight is 354 g/mol. The summed E-state index contributed by atoms with van der Waals surface area (Å²) >= 11 is 0. The lowest BCUT2D eigenvalue weighted by atomic mass is 10.2. The first-order valence-corrected chi connectivity index (χ1v) is 8.57. The summed E-state index contributed by atoms with van der Waals surface area (Å²) in [6, 6.07) is 15.8. The lowest BCUT2D eigenvalue weighted by Crippen LogP contribution is -1.96. The van der Waals surface area contributed by atoms with Gasteiger partial charge >= 0.3 is 0 Å². The fourth-order valence-corrected chi connectivity index (χ4v) is 2.89. The van der Waals surface area contributed by atoms with Gasteiger partial charge in [-0.1, -0.05) is 30.3 Å². The highest BCUT2D eigenvalue weighted by atomic mass is 16.5. The van der Waals surface area contributed by atoms with Crippen molar-refractivity contribution in [1.29, 1.82) is 0 Å². The predicted molar refractivity (Wildman–Crippen MR) is 105 cm³/mol. The average Bonchev–Trinajstić information content (AvgIpc) is 3.07. The van der Waals surface area contributed by atoms with Gasteiger partial charge in [-0.2, -0.15) is 0 Å². The molecule has 0 unspecified atom stereocenters. The van der Waals surface area contributed by atoms with Gasteiger partial charge in [0.25, 0.3) is 0 Å². The van der Waals surface area contributed by atoms with Crippen LogP contribution < -0.4 is 4.74 Å². The van der Waals surface area contributed by atoms with Gasteiger partial charge in [0.2, 0.25) is 5.82 Å². The Morgan fingerprint density at radius 3 is 2.56 bits per heavy atom. The van der Waals surface area contributed by atoms with Crippen LogP contribution in [0.4, 0.5) is 0 Å². The zero-order chi connectivity index (χ0) is 18.8. The molecule has 0 radical (unpaired) electrons. The molecule has 5 heteroatoms. The molecule has 27 heavy (non-hydrogen) atoms. The Morgan fingerprint density at radius 1 is 0.963 bits per heavy atom.